The summed E-state index contributed by atoms with van der Waals surface area (Å²) in [6.07, 6.45) is 0. The number of hydrogen-bond donors (Lipinski definition) is 0. The zero-order valence-electron chi connectivity index (χ0n) is 15.4. The highest BCUT2D eigenvalue weighted by molar-refractivity contribution is 7.92. The molecule has 0 atom stereocenters. The van der Waals surface area contributed by atoms with Crippen LogP contribution in [-0.2, 0) is 14.8 Å². The van der Waals surface area contributed by atoms with Gasteiger partial charge in [0.15, 0.2) is 0 Å². The quantitative estimate of drug-likeness (QED) is 0.757. The fourth-order valence-corrected chi connectivity index (χ4v) is 4.35. The van der Waals surface area contributed by atoms with Crippen molar-refractivity contribution in [2.45, 2.75) is 4.90 Å². The Labute approximate surface area is 163 Å². The SMILES string of the molecule is CN1CCN(C(=O)CN(c2ccc(F)cc2)S(=O)(=O)c2ccc(F)cc2)CC1. The third kappa shape index (κ3) is 4.48. The second kappa shape index (κ2) is 8.24. The van der Waals surface area contributed by atoms with Gasteiger partial charge in [-0.05, 0) is 55.6 Å². The Morgan fingerprint density at radius 1 is 0.929 bits per heavy atom. The summed E-state index contributed by atoms with van der Waals surface area (Å²) < 4.78 is 53.7. The van der Waals surface area contributed by atoms with E-state index in [1.165, 1.54) is 12.1 Å². The number of anilines is 1. The van der Waals surface area contributed by atoms with E-state index in [-0.39, 0.29) is 16.5 Å². The smallest absolute Gasteiger partial charge is 0.264 e. The van der Waals surface area contributed by atoms with Crippen molar-refractivity contribution in [3.05, 3.63) is 60.2 Å². The average Bonchev–Trinajstić information content (AvgIpc) is 2.67. The normalized spacial score (nSPS) is 15.5. The van der Waals surface area contributed by atoms with Crippen molar-refractivity contribution in [2.24, 2.45) is 0 Å². The second-order valence-corrected chi connectivity index (χ2v) is 8.49. The van der Waals surface area contributed by atoms with Gasteiger partial charge in [0.05, 0.1) is 10.6 Å². The van der Waals surface area contributed by atoms with Crippen LogP contribution in [-0.4, -0.2) is 63.9 Å². The molecule has 1 aliphatic heterocycles. The third-order valence-corrected chi connectivity index (χ3v) is 6.44. The first-order chi connectivity index (χ1) is 13.3. The fraction of sp³-hybridized carbons (Fsp3) is 0.316. The Bertz CT molecular complexity index is 926. The van der Waals surface area contributed by atoms with Crippen LogP contribution >= 0.6 is 0 Å². The lowest BCUT2D eigenvalue weighted by Crippen LogP contribution is -2.50. The van der Waals surface area contributed by atoms with E-state index in [2.05, 4.69) is 4.90 Å². The van der Waals surface area contributed by atoms with Gasteiger partial charge in [-0.1, -0.05) is 0 Å². The number of carbonyl (C=O) groups excluding carboxylic acids is 1. The summed E-state index contributed by atoms with van der Waals surface area (Å²) in [6.45, 7) is 1.99. The summed E-state index contributed by atoms with van der Waals surface area (Å²) in [5, 5.41) is 0. The van der Waals surface area contributed by atoms with Gasteiger partial charge in [-0.25, -0.2) is 17.2 Å². The predicted octanol–water partition coefficient (Wildman–Crippen LogP) is 1.93. The minimum Gasteiger partial charge on any atom is -0.339 e. The lowest BCUT2D eigenvalue weighted by Gasteiger charge is -2.34. The molecule has 1 fully saturated rings. The monoisotopic (exact) mass is 409 g/mol. The largest absolute Gasteiger partial charge is 0.339 e. The first-order valence-electron chi connectivity index (χ1n) is 8.77. The molecule has 2 aromatic carbocycles. The van der Waals surface area contributed by atoms with Crippen LogP contribution in [0.25, 0.3) is 0 Å². The zero-order chi connectivity index (χ0) is 20.3. The van der Waals surface area contributed by atoms with Crippen LogP contribution in [0.5, 0.6) is 0 Å². The zero-order valence-corrected chi connectivity index (χ0v) is 16.2. The van der Waals surface area contributed by atoms with Crippen molar-refractivity contribution >= 4 is 21.6 Å². The minimum atomic E-state index is -4.14. The average molecular weight is 409 g/mol. The summed E-state index contributed by atoms with van der Waals surface area (Å²) in [4.78, 5) is 16.3. The van der Waals surface area contributed by atoms with Crippen molar-refractivity contribution in [3.8, 4) is 0 Å². The molecule has 1 saturated heterocycles. The van der Waals surface area contributed by atoms with E-state index in [0.717, 1.165) is 40.7 Å². The Morgan fingerprint density at radius 3 is 1.96 bits per heavy atom. The van der Waals surface area contributed by atoms with Crippen LogP contribution in [0.3, 0.4) is 0 Å². The van der Waals surface area contributed by atoms with Crippen LogP contribution < -0.4 is 4.31 Å². The topological polar surface area (TPSA) is 60.9 Å². The molecule has 1 amide bonds. The van der Waals surface area contributed by atoms with E-state index in [9.17, 15) is 22.0 Å². The molecule has 28 heavy (non-hydrogen) atoms. The summed E-state index contributed by atoms with van der Waals surface area (Å²) in [7, 11) is -2.19. The van der Waals surface area contributed by atoms with Crippen LogP contribution in [0.15, 0.2) is 53.4 Å². The first-order valence-corrected chi connectivity index (χ1v) is 10.2. The van der Waals surface area contributed by atoms with Crippen molar-refractivity contribution in [3.63, 3.8) is 0 Å². The summed E-state index contributed by atoms with van der Waals surface area (Å²) in [5.74, 6) is -1.43. The molecule has 0 aromatic heterocycles. The lowest BCUT2D eigenvalue weighted by molar-refractivity contribution is -0.131. The molecule has 1 aliphatic rings. The Balaban J connectivity index is 1.92. The maximum atomic E-state index is 13.3. The molecular weight excluding hydrogens is 388 g/mol. The number of nitrogens with zero attached hydrogens (tertiary/aromatic N) is 3. The second-order valence-electron chi connectivity index (χ2n) is 6.63. The van der Waals surface area contributed by atoms with Crippen molar-refractivity contribution < 1.29 is 22.0 Å². The highest BCUT2D eigenvalue weighted by Crippen LogP contribution is 2.24. The van der Waals surface area contributed by atoms with Crippen molar-refractivity contribution in [1.82, 2.24) is 9.80 Å². The van der Waals surface area contributed by atoms with E-state index < -0.39 is 28.2 Å². The molecule has 0 saturated carbocycles. The van der Waals surface area contributed by atoms with Gasteiger partial charge in [0.2, 0.25) is 5.91 Å². The lowest BCUT2D eigenvalue weighted by atomic mass is 10.3. The van der Waals surface area contributed by atoms with Gasteiger partial charge in [-0.3, -0.25) is 9.10 Å². The van der Waals surface area contributed by atoms with Gasteiger partial charge in [-0.2, -0.15) is 0 Å². The molecule has 0 radical (unpaired) electrons. The van der Waals surface area contributed by atoms with Gasteiger partial charge < -0.3 is 9.80 Å². The molecule has 0 unspecified atom stereocenters. The highest BCUT2D eigenvalue weighted by Gasteiger charge is 2.30. The standard InChI is InChI=1S/C19H21F2N3O3S/c1-22-10-12-23(13-11-22)19(25)14-24(17-6-2-15(20)3-7-17)28(26,27)18-8-4-16(21)5-9-18/h2-9H,10-14H2,1H3. The molecule has 2 aromatic rings. The number of rotatable bonds is 5. The maximum Gasteiger partial charge on any atom is 0.264 e. The number of halogens is 2. The molecule has 150 valence electrons. The number of benzene rings is 2. The molecule has 1 heterocycles. The number of carbonyl (C=O) groups is 1. The van der Waals surface area contributed by atoms with Crippen LogP contribution in [0.4, 0.5) is 14.5 Å². The van der Waals surface area contributed by atoms with Gasteiger partial charge in [-0.15, -0.1) is 0 Å². The number of piperazine rings is 1. The molecule has 0 bridgehead atoms. The van der Waals surface area contributed by atoms with E-state index in [4.69, 9.17) is 0 Å². The highest BCUT2D eigenvalue weighted by atomic mass is 32.2. The molecule has 0 aliphatic carbocycles. The van der Waals surface area contributed by atoms with Crippen LogP contribution in [0.1, 0.15) is 0 Å². The number of hydrogen-bond acceptors (Lipinski definition) is 4. The summed E-state index contributed by atoms with van der Waals surface area (Å²) in [5.41, 5.74) is 0.160. The fourth-order valence-electron chi connectivity index (χ4n) is 2.93. The van der Waals surface area contributed by atoms with Gasteiger partial charge in [0.1, 0.15) is 18.2 Å². The molecule has 0 N–H and O–H groups in total. The Hall–Kier alpha value is -2.52. The summed E-state index contributed by atoms with van der Waals surface area (Å²) >= 11 is 0. The van der Waals surface area contributed by atoms with Crippen LogP contribution in [0, 0.1) is 11.6 Å². The van der Waals surface area contributed by atoms with Crippen molar-refractivity contribution in [1.29, 1.82) is 0 Å². The summed E-state index contributed by atoms with van der Waals surface area (Å²) in [6, 6.07) is 9.21. The first kappa shape index (κ1) is 20.2. The number of amides is 1. The Kier molecular flexibility index (Phi) is 5.95. The molecule has 0 spiro atoms. The number of sulfonamides is 1. The van der Waals surface area contributed by atoms with E-state index in [0.29, 0.717) is 26.2 Å². The van der Waals surface area contributed by atoms with E-state index in [1.54, 1.807) is 4.90 Å². The molecule has 3 rings (SSSR count). The van der Waals surface area contributed by atoms with Gasteiger partial charge in [0, 0.05) is 26.2 Å². The predicted molar refractivity (Wildman–Crippen MR) is 101 cm³/mol. The molecule has 9 heteroatoms. The van der Waals surface area contributed by atoms with Crippen LogP contribution in [0.2, 0.25) is 0 Å². The molecule has 6 nitrogen and oxygen atoms in total. The number of likely N-dealkylation sites (N-methyl/N-ethyl adjacent to an activating group) is 1. The maximum absolute atomic E-state index is 13.3. The van der Waals surface area contributed by atoms with Gasteiger partial charge >= 0.3 is 0 Å². The third-order valence-electron chi connectivity index (χ3n) is 4.65. The van der Waals surface area contributed by atoms with Gasteiger partial charge in [0.25, 0.3) is 10.0 Å². The van der Waals surface area contributed by atoms with Crippen molar-refractivity contribution in [2.75, 3.05) is 44.1 Å². The van der Waals surface area contributed by atoms with E-state index >= 15 is 0 Å². The Morgan fingerprint density at radius 2 is 1.43 bits per heavy atom. The van der Waals surface area contributed by atoms with E-state index in [1.807, 2.05) is 7.05 Å². The molecular formula is C19H21F2N3O3S. The minimum absolute atomic E-state index is 0.149.